The lowest BCUT2D eigenvalue weighted by Crippen LogP contribution is -2.35. The van der Waals surface area contributed by atoms with E-state index in [0.717, 1.165) is 25.9 Å². The Kier molecular flexibility index (Phi) is 6.14. The molecule has 1 aromatic rings. The minimum absolute atomic E-state index is 0.117. The summed E-state index contributed by atoms with van der Waals surface area (Å²) in [4.78, 5) is 11.9. The molecule has 0 saturated carbocycles. The van der Waals surface area contributed by atoms with E-state index in [9.17, 15) is 4.79 Å². The zero-order valence-corrected chi connectivity index (χ0v) is 12.9. The number of halogens is 1. The first-order valence-corrected chi connectivity index (χ1v) is 7.65. The van der Waals surface area contributed by atoms with E-state index in [2.05, 4.69) is 10.6 Å². The van der Waals surface area contributed by atoms with Gasteiger partial charge in [-0.25, -0.2) is 4.79 Å². The lowest BCUT2D eigenvalue weighted by Gasteiger charge is -2.14. The average molecular weight is 313 g/mol. The van der Waals surface area contributed by atoms with Gasteiger partial charge in [0.1, 0.15) is 5.75 Å². The first kappa shape index (κ1) is 15.9. The zero-order valence-electron chi connectivity index (χ0n) is 12.2. The summed E-state index contributed by atoms with van der Waals surface area (Å²) in [5.74, 6) is 0.619. The number of benzene rings is 1. The lowest BCUT2D eigenvalue weighted by molar-refractivity contribution is 0.112. The third-order valence-corrected chi connectivity index (χ3v) is 3.40. The summed E-state index contributed by atoms with van der Waals surface area (Å²) in [5.41, 5.74) is 0.570. The molecule has 0 bridgehead atoms. The number of urea groups is 1. The van der Waals surface area contributed by atoms with E-state index in [4.69, 9.17) is 21.1 Å². The summed E-state index contributed by atoms with van der Waals surface area (Å²) in [6.07, 6.45) is 3.05. The van der Waals surface area contributed by atoms with Crippen LogP contribution in [0.5, 0.6) is 5.75 Å². The van der Waals surface area contributed by atoms with Crippen molar-refractivity contribution < 1.29 is 14.3 Å². The van der Waals surface area contributed by atoms with Crippen LogP contribution in [0.4, 0.5) is 10.5 Å². The predicted octanol–water partition coefficient (Wildman–Crippen LogP) is 3.43. The maximum Gasteiger partial charge on any atom is 0.319 e. The molecule has 0 spiro atoms. The second kappa shape index (κ2) is 8.10. The first-order chi connectivity index (χ1) is 10.2. The van der Waals surface area contributed by atoms with Crippen LogP contribution in [0.1, 0.15) is 26.2 Å². The maximum absolute atomic E-state index is 11.9. The minimum Gasteiger partial charge on any atom is -0.491 e. The average Bonchev–Trinajstić information content (AvgIpc) is 2.98. The van der Waals surface area contributed by atoms with Crippen LogP contribution in [-0.2, 0) is 4.74 Å². The minimum atomic E-state index is -0.283. The van der Waals surface area contributed by atoms with Crippen LogP contribution in [-0.4, -0.2) is 31.9 Å². The highest BCUT2D eigenvalue weighted by molar-refractivity contribution is 6.31. The third kappa shape index (κ3) is 5.10. The molecule has 0 radical (unpaired) electrons. The van der Waals surface area contributed by atoms with Gasteiger partial charge in [0.15, 0.2) is 0 Å². The zero-order chi connectivity index (χ0) is 15.1. The summed E-state index contributed by atoms with van der Waals surface area (Å²) in [6, 6.07) is 4.89. The lowest BCUT2D eigenvalue weighted by atomic mass is 10.2. The molecule has 0 aromatic heterocycles. The molecule has 0 aliphatic carbocycles. The third-order valence-electron chi connectivity index (χ3n) is 3.17. The molecule has 1 aliphatic rings. The number of carbonyl (C=O) groups is 1. The number of anilines is 1. The van der Waals surface area contributed by atoms with E-state index in [1.54, 1.807) is 18.2 Å². The molecular weight excluding hydrogens is 292 g/mol. The summed E-state index contributed by atoms with van der Waals surface area (Å²) in [5, 5.41) is 6.12. The highest BCUT2D eigenvalue weighted by Gasteiger charge is 2.16. The molecule has 1 unspecified atom stereocenters. The number of hydrogen-bond donors (Lipinski definition) is 2. The Labute approximate surface area is 130 Å². The van der Waals surface area contributed by atoms with E-state index in [-0.39, 0.29) is 12.1 Å². The van der Waals surface area contributed by atoms with Gasteiger partial charge in [-0.2, -0.15) is 0 Å². The highest BCUT2D eigenvalue weighted by Crippen LogP contribution is 2.28. The molecule has 2 rings (SSSR count). The van der Waals surface area contributed by atoms with Crippen molar-refractivity contribution in [2.24, 2.45) is 0 Å². The Morgan fingerprint density at radius 3 is 3.10 bits per heavy atom. The van der Waals surface area contributed by atoms with Crippen molar-refractivity contribution in [3.05, 3.63) is 23.2 Å². The molecule has 2 N–H and O–H groups in total. The van der Waals surface area contributed by atoms with Gasteiger partial charge in [0.25, 0.3) is 0 Å². The molecule has 21 heavy (non-hydrogen) atoms. The summed E-state index contributed by atoms with van der Waals surface area (Å²) in [7, 11) is 0. The van der Waals surface area contributed by atoms with E-state index in [0.29, 0.717) is 29.6 Å². The van der Waals surface area contributed by atoms with Crippen LogP contribution in [0.15, 0.2) is 18.2 Å². The number of amides is 2. The Balaban J connectivity index is 1.90. The molecule has 1 heterocycles. The van der Waals surface area contributed by atoms with Crippen molar-refractivity contribution in [3.8, 4) is 5.75 Å². The fourth-order valence-electron chi connectivity index (χ4n) is 2.12. The van der Waals surface area contributed by atoms with Gasteiger partial charge >= 0.3 is 6.03 Å². The van der Waals surface area contributed by atoms with Crippen molar-refractivity contribution in [2.45, 2.75) is 32.3 Å². The van der Waals surface area contributed by atoms with Crippen LogP contribution < -0.4 is 15.4 Å². The van der Waals surface area contributed by atoms with E-state index in [1.807, 2.05) is 6.92 Å². The summed E-state index contributed by atoms with van der Waals surface area (Å²) in [6.45, 7) is 3.90. The molecule has 6 heteroatoms. The van der Waals surface area contributed by atoms with Gasteiger partial charge in [0.05, 0.1) is 18.4 Å². The van der Waals surface area contributed by atoms with Gasteiger partial charge in [-0.3, -0.25) is 0 Å². The van der Waals surface area contributed by atoms with Gasteiger partial charge in [-0.05, 0) is 37.5 Å². The summed E-state index contributed by atoms with van der Waals surface area (Å²) < 4.78 is 11.1. The highest BCUT2D eigenvalue weighted by atomic mass is 35.5. The van der Waals surface area contributed by atoms with E-state index >= 15 is 0 Å². The van der Waals surface area contributed by atoms with Crippen molar-refractivity contribution >= 4 is 23.3 Å². The molecular formula is C15H21ClN2O3. The van der Waals surface area contributed by atoms with Gasteiger partial charge in [0, 0.05) is 18.2 Å². The second-order valence-corrected chi connectivity index (χ2v) is 5.40. The fraction of sp³-hybridized carbons (Fsp3) is 0.533. The largest absolute Gasteiger partial charge is 0.491 e. The number of ether oxygens (including phenoxy) is 2. The van der Waals surface area contributed by atoms with Crippen LogP contribution in [0.25, 0.3) is 0 Å². The SMILES string of the molecule is CCCOc1ccc(Cl)cc1NC(=O)NCC1CCCO1. The Bertz CT molecular complexity index is 476. The molecule has 1 saturated heterocycles. The van der Waals surface area contributed by atoms with E-state index in [1.165, 1.54) is 0 Å². The number of hydrogen-bond acceptors (Lipinski definition) is 3. The number of carbonyl (C=O) groups excluding carboxylic acids is 1. The quantitative estimate of drug-likeness (QED) is 0.846. The molecule has 5 nitrogen and oxygen atoms in total. The van der Waals surface area contributed by atoms with Gasteiger partial charge in [-0.1, -0.05) is 18.5 Å². The Morgan fingerprint density at radius 2 is 2.38 bits per heavy atom. The predicted molar refractivity (Wildman–Crippen MR) is 83.2 cm³/mol. The second-order valence-electron chi connectivity index (χ2n) is 4.96. The number of rotatable bonds is 6. The fourth-order valence-corrected chi connectivity index (χ4v) is 2.29. The Morgan fingerprint density at radius 1 is 1.52 bits per heavy atom. The standard InChI is InChI=1S/C15H21ClN2O3/c1-2-7-21-14-6-5-11(16)9-13(14)18-15(19)17-10-12-4-3-8-20-12/h5-6,9,12H,2-4,7-8,10H2,1H3,(H2,17,18,19). The van der Waals surface area contributed by atoms with Crippen molar-refractivity contribution in [3.63, 3.8) is 0 Å². The van der Waals surface area contributed by atoms with Crippen LogP contribution in [0, 0.1) is 0 Å². The molecule has 2 amide bonds. The van der Waals surface area contributed by atoms with Crippen molar-refractivity contribution in [1.29, 1.82) is 0 Å². The number of nitrogens with one attached hydrogen (secondary N) is 2. The maximum atomic E-state index is 11.9. The van der Waals surface area contributed by atoms with Gasteiger partial charge in [-0.15, -0.1) is 0 Å². The Hall–Kier alpha value is -1.46. The van der Waals surface area contributed by atoms with E-state index < -0.39 is 0 Å². The summed E-state index contributed by atoms with van der Waals surface area (Å²) >= 11 is 5.97. The van der Waals surface area contributed by atoms with Gasteiger partial charge in [0.2, 0.25) is 0 Å². The molecule has 1 aliphatic heterocycles. The molecule has 116 valence electrons. The molecule has 1 atom stereocenters. The topological polar surface area (TPSA) is 59.6 Å². The normalized spacial score (nSPS) is 17.5. The molecule has 1 aromatic carbocycles. The molecule has 1 fully saturated rings. The van der Waals surface area contributed by atoms with Crippen molar-refractivity contribution in [2.75, 3.05) is 25.1 Å². The van der Waals surface area contributed by atoms with Gasteiger partial charge < -0.3 is 20.1 Å². The van der Waals surface area contributed by atoms with Crippen LogP contribution in [0.3, 0.4) is 0 Å². The van der Waals surface area contributed by atoms with Crippen LogP contribution in [0.2, 0.25) is 5.02 Å². The van der Waals surface area contributed by atoms with Crippen LogP contribution >= 0.6 is 11.6 Å². The monoisotopic (exact) mass is 312 g/mol. The van der Waals surface area contributed by atoms with Crippen molar-refractivity contribution in [1.82, 2.24) is 5.32 Å². The first-order valence-electron chi connectivity index (χ1n) is 7.28. The smallest absolute Gasteiger partial charge is 0.319 e.